The molecule has 106 valence electrons. The van der Waals surface area contributed by atoms with E-state index in [0.717, 1.165) is 23.5 Å². The Morgan fingerprint density at radius 1 is 1.25 bits per heavy atom. The van der Waals surface area contributed by atoms with E-state index in [4.69, 9.17) is 0 Å². The van der Waals surface area contributed by atoms with E-state index in [2.05, 4.69) is 74.2 Å². The van der Waals surface area contributed by atoms with E-state index in [9.17, 15) is 0 Å². The highest BCUT2D eigenvalue weighted by Gasteiger charge is 2.02. The Morgan fingerprint density at radius 3 is 2.70 bits per heavy atom. The largest absolute Gasteiger partial charge is 0.352 e. The van der Waals surface area contributed by atoms with Gasteiger partial charge in [0.1, 0.15) is 0 Å². The van der Waals surface area contributed by atoms with Gasteiger partial charge in [-0.3, -0.25) is 4.99 Å². The molecule has 20 heavy (non-hydrogen) atoms. The van der Waals surface area contributed by atoms with Crippen molar-refractivity contribution in [1.29, 1.82) is 0 Å². The van der Waals surface area contributed by atoms with Crippen molar-refractivity contribution >= 4 is 33.2 Å². The van der Waals surface area contributed by atoms with Crippen molar-refractivity contribution in [2.45, 2.75) is 20.0 Å². The third kappa shape index (κ3) is 4.35. The third-order valence-electron chi connectivity index (χ3n) is 2.98. The van der Waals surface area contributed by atoms with Gasteiger partial charge in [0.15, 0.2) is 5.96 Å². The summed E-state index contributed by atoms with van der Waals surface area (Å²) in [7, 11) is 1.79. The zero-order chi connectivity index (χ0) is 14.4. The molecular formula is C15H18BrN3S. The van der Waals surface area contributed by atoms with Gasteiger partial charge in [0.05, 0.1) is 6.54 Å². The average molecular weight is 352 g/mol. The molecule has 0 aliphatic rings. The van der Waals surface area contributed by atoms with Gasteiger partial charge >= 0.3 is 0 Å². The lowest BCUT2D eigenvalue weighted by Gasteiger charge is -2.12. The maximum absolute atomic E-state index is 4.24. The first-order valence-corrected chi connectivity index (χ1v) is 8.08. The first kappa shape index (κ1) is 15.1. The summed E-state index contributed by atoms with van der Waals surface area (Å²) in [6.45, 7) is 3.68. The molecule has 0 fully saturated rings. The molecule has 0 unspecified atom stereocenters. The number of thiophene rings is 1. The van der Waals surface area contributed by atoms with Crippen molar-refractivity contribution in [1.82, 2.24) is 10.6 Å². The fourth-order valence-electron chi connectivity index (χ4n) is 1.84. The lowest BCUT2D eigenvalue weighted by Crippen LogP contribution is -2.36. The molecule has 1 aromatic heterocycles. The summed E-state index contributed by atoms with van der Waals surface area (Å²) in [6.07, 6.45) is 0. The number of rotatable bonds is 4. The molecule has 5 heteroatoms. The van der Waals surface area contributed by atoms with Gasteiger partial charge in [-0.15, -0.1) is 11.3 Å². The Kier molecular flexibility index (Phi) is 5.61. The first-order chi connectivity index (χ1) is 9.69. The highest BCUT2D eigenvalue weighted by molar-refractivity contribution is 9.10. The molecular weight excluding hydrogens is 334 g/mol. The van der Waals surface area contributed by atoms with Crippen LogP contribution < -0.4 is 10.6 Å². The summed E-state index contributed by atoms with van der Waals surface area (Å²) >= 11 is 5.22. The van der Waals surface area contributed by atoms with Crippen LogP contribution >= 0.6 is 27.3 Å². The molecule has 0 bridgehead atoms. The zero-order valence-electron chi connectivity index (χ0n) is 11.6. The second-order valence-corrected chi connectivity index (χ2v) is 6.38. The van der Waals surface area contributed by atoms with Crippen LogP contribution in [-0.2, 0) is 13.1 Å². The molecule has 0 radical (unpaired) electrons. The van der Waals surface area contributed by atoms with Gasteiger partial charge in [-0.2, -0.15) is 0 Å². The van der Waals surface area contributed by atoms with Gasteiger partial charge in [0.2, 0.25) is 0 Å². The molecule has 0 atom stereocenters. The molecule has 1 aromatic carbocycles. The summed E-state index contributed by atoms with van der Waals surface area (Å²) in [6, 6.07) is 10.5. The number of guanidine groups is 1. The van der Waals surface area contributed by atoms with Gasteiger partial charge in [-0.05, 0) is 41.6 Å². The van der Waals surface area contributed by atoms with Crippen molar-refractivity contribution in [2.24, 2.45) is 4.99 Å². The number of hydrogen-bond acceptors (Lipinski definition) is 2. The number of aliphatic imine (C=N–C) groups is 1. The van der Waals surface area contributed by atoms with E-state index >= 15 is 0 Å². The summed E-state index contributed by atoms with van der Waals surface area (Å²) < 4.78 is 1.11. The molecule has 0 aliphatic heterocycles. The van der Waals surface area contributed by atoms with Gasteiger partial charge in [-0.1, -0.05) is 28.1 Å². The van der Waals surface area contributed by atoms with E-state index in [0.29, 0.717) is 0 Å². The van der Waals surface area contributed by atoms with Crippen LogP contribution in [0.5, 0.6) is 0 Å². The number of benzene rings is 1. The second kappa shape index (κ2) is 7.45. The lowest BCUT2D eigenvalue weighted by atomic mass is 10.1. The van der Waals surface area contributed by atoms with Crippen LogP contribution in [0, 0.1) is 6.92 Å². The minimum absolute atomic E-state index is 0.767. The summed E-state index contributed by atoms with van der Waals surface area (Å²) in [4.78, 5) is 5.54. The van der Waals surface area contributed by atoms with Crippen LogP contribution in [0.3, 0.4) is 0 Å². The van der Waals surface area contributed by atoms with Crippen molar-refractivity contribution in [2.75, 3.05) is 7.05 Å². The molecule has 2 aromatic rings. The smallest absolute Gasteiger partial charge is 0.191 e. The van der Waals surface area contributed by atoms with Gasteiger partial charge in [0.25, 0.3) is 0 Å². The molecule has 0 saturated carbocycles. The minimum atomic E-state index is 0.767. The van der Waals surface area contributed by atoms with Crippen LogP contribution in [0.1, 0.15) is 16.0 Å². The standard InChI is InChI=1S/C15H18BrN3S/c1-11-8-13(16)6-5-12(11)9-18-15(17-2)19-10-14-4-3-7-20-14/h3-8H,9-10H2,1-2H3,(H2,17,18,19). The van der Waals surface area contributed by atoms with E-state index in [1.807, 2.05) is 0 Å². The minimum Gasteiger partial charge on any atom is -0.352 e. The molecule has 0 aliphatic carbocycles. The number of nitrogens with zero attached hydrogens (tertiary/aromatic N) is 1. The van der Waals surface area contributed by atoms with Gasteiger partial charge in [0, 0.05) is 22.9 Å². The first-order valence-electron chi connectivity index (χ1n) is 6.41. The van der Waals surface area contributed by atoms with Crippen LogP contribution in [0.25, 0.3) is 0 Å². The summed E-state index contributed by atoms with van der Waals surface area (Å²) in [5, 5.41) is 8.73. The van der Waals surface area contributed by atoms with Crippen LogP contribution in [-0.4, -0.2) is 13.0 Å². The van der Waals surface area contributed by atoms with Crippen LogP contribution in [0.2, 0.25) is 0 Å². The van der Waals surface area contributed by atoms with Crippen molar-refractivity contribution in [3.05, 3.63) is 56.2 Å². The highest BCUT2D eigenvalue weighted by Crippen LogP contribution is 2.15. The Bertz CT molecular complexity index is 579. The summed E-state index contributed by atoms with van der Waals surface area (Å²) in [5.74, 6) is 0.820. The lowest BCUT2D eigenvalue weighted by molar-refractivity contribution is 0.812. The van der Waals surface area contributed by atoms with E-state index < -0.39 is 0 Å². The quantitative estimate of drug-likeness (QED) is 0.651. The van der Waals surface area contributed by atoms with Gasteiger partial charge < -0.3 is 10.6 Å². The van der Waals surface area contributed by atoms with E-state index in [1.165, 1.54) is 16.0 Å². The molecule has 0 spiro atoms. The zero-order valence-corrected chi connectivity index (χ0v) is 14.0. The number of aryl methyl sites for hydroxylation is 1. The highest BCUT2D eigenvalue weighted by atomic mass is 79.9. The molecule has 3 nitrogen and oxygen atoms in total. The normalized spacial score (nSPS) is 11.4. The maximum atomic E-state index is 4.24. The monoisotopic (exact) mass is 351 g/mol. The van der Waals surface area contributed by atoms with Crippen molar-refractivity contribution in [3.8, 4) is 0 Å². The number of nitrogens with one attached hydrogen (secondary N) is 2. The van der Waals surface area contributed by atoms with Crippen LogP contribution in [0.15, 0.2) is 45.2 Å². The number of halogens is 1. The SMILES string of the molecule is CN=C(NCc1cccs1)NCc1ccc(Br)cc1C. The Morgan fingerprint density at radius 2 is 2.05 bits per heavy atom. The van der Waals surface area contributed by atoms with Crippen molar-refractivity contribution < 1.29 is 0 Å². The Labute approximate surface area is 132 Å². The summed E-state index contributed by atoms with van der Waals surface area (Å²) in [5.41, 5.74) is 2.54. The number of hydrogen-bond donors (Lipinski definition) is 2. The fourth-order valence-corrected chi connectivity index (χ4v) is 2.96. The molecule has 0 amide bonds. The van der Waals surface area contributed by atoms with E-state index in [-0.39, 0.29) is 0 Å². The van der Waals surface area contributed by atoms with Gasteiger partial charge in [-0.25, -0.2) is 0 Å². The maximum Gasteiger partial charge on any atom is 0.191 e. The topological polar surface area (TPSA) is 36.4 Å². The Balaban J connectivity index is 1.87. The Hall–Kier alpha value is -1.33. The second-order valence-electron chi connectivity index (χ2n) is 4.43. The average Bonchev–Trinajstić information content (AvgIpc) is 2.94. The van der Waals surface area contributed by atoms with Crippen LogP contribution in [0.4, 0.5) is 0 Å². The molecule has 1 heterocycles. The third-order valence-corrected chi connectivity index (χ3v) is 4.35. The molecule has 2 N–H and O–H groups in total. The fraction of sp³-hybridized carbons (Fsp3) is 0.267. The van der Waals surface area contributed by atoms with E-state index in [1.54, 1.807) is 18.4 Å². The molecule has 0 saturated heterocycles. The molecule has 2 rings (SSSR count). The predicted molar refractivity (Wildman–Crippen MR) is 90.2 cm³/mol. The van der Waals surface area contributed by atoms with Crippen molar-refractivity contribution in [3.63, 3.8) is 0 Å². The predicted octanol–water partition coefficient (Wildman–Crippen LogP) is 3.68.